The highest BCUT2D eigenvalue weighted by molar-refractivity contribution is 7.81. The zero-order valence-corrected chi connectivity index (χ0v) is 11.3. The lowest BCUT2D eigenvalue weighted by Gasteiger charge is -2.23. The Balaban J connectivity index is 1.93. The van der Waals surface area contributed by atoms with Gasteiger partial charge in [0.25, 0.3) is 5.54 Å². The number of amides is 1. The lowest BCUT2D eigenvalue weighted by Crippen LogP contribution is -2.43. The van der Waals surface area contributed by atoms with Crippen LogP contribution in [0.2, 0.25) is 0 Å². The average Bonchev–Trinajstić information content (AvgIpc) is 2.83. The molecule has 0 aromatic rings. The zero-order chi connectivity index (χ0) is 13.9. The molecule has 0 radical (unpaired) electrons. The molecule has 2 atom stereocenters. The van der Waals surface area contributed by atoms with Gasteiger partial charge in [0.05, 0.1) is 0 Å². The summed E-state index contributed by atoms with van der Waals surface area (Å²) >= 11 is 4.29. The van der Waals surface area contributed by atoms with Crippen LogP contribution in [-0.4, -0.2) is 46.4 Å². The molecule has 0 spiro atoms. The van der Waals surface area contributed by atoms with E-state index in [1.165, 1.54) is 11.0 Å². The standard InChI is InChI=1S/C12H16N2O4S/c15-11(13-7-4-10(19)8-13)18-9-12(14(16)17)5-2-1-3-6-12/h1-3,5,10,19H,4,6-9H2. The van der Waals surface area contributed by atoms with Crippen molar-refractivity contribution in [2.45, 2.75) is 23.6 Å². The monoisotopic (exact) mass is 284 g/mol. The van der Waals surface area contributed by atoms with Crippen molar-refractivity contribution in [2.75, 3.05) is 19.7 Å². The third-order valence-electron chi connectivity index (χ3n) is 3.36. The molecule has 2 aliphatic rings. The van der Waals surface area contributed by atoms with Gasteiger partial charge in [0.1, 0.15) is 0 Å². The number of nitro groups is 1. The highest BCUT2D eigenvalue weighted by atomic mass is 32.1. The Labute approximate surface area is 116 Å². The van der Waals surface area contributed by atoms with Gasteiger partial charge in [-0.05, 0) is 12.5 Å². The van der Waals surface area contributed by atoms with Crippen LogP contribution < -0.4 is 0 Å². The number of likely N-dealkylation sites (tertiary alicyclic amines) is 1. The highest BCUT2D eigenvalue weighted by Gasteiger charge is 2.42. The van der Waals surface area contributed by atoms with E-state index in [9.17, 15) is 14.9 Å². The van der Waals surface area contributed by atoms with E-state index >= 15 is 0 Å². The van der Waals surface area contributed by atoms with E-state index in [1.807, 2.05) is 0 Å². The number of rotatable bonds is 3. The van der Waals surface area contributed by atoms with Gasteiger partial charge >= 0.3 is 6.09 Å². The molecule has 0 saturated carbocycles. The van der Waals surface area contributed by atoms with Gasteiger partial charge in [-0.1, -0.05) is 18.2 Å². The average molecular weight is 284 g/mol. The van der Waals surface area contributed by atoms with Crippen LogP contribution in [0.1, 0.15) is 12.8 Å². The summed E-state index contributed by atoms with van der Waals surface area (Å²) in [6.45, 7) is 0.880. The molecule has 6 nitrogen and oxygen atoms in total. The van der Waals surface area contributed by atoms with Crippen LogP contribution in [0.25, 0.3) is 0 Å². The molecular weight excluding hydrogens is 268 g/mol. The van der Waals surface area contributed by atoms with Crippen molar-refractivity contribution in [2.24, 2.45) is 0 Å². The molecule has 7 heteroatoms. The molecule has 2 unspecified atom stereocenters. The van der Waals surface area contributed by atoms with Crippen molar-refractivity contribution in [1.29, 1.82) is 0 Å². The summed E-state index contributed by atoms with van der Waals surface area (Å²) in [6.07, 6.45) is 7.10. The van der Waals surface area contributed by atoms with Crippen molar-refractivity contribution in [3.05, 3.63) is 34.4 Å². The summed E-state index contributed by atoms with van der Waals surface area (Å²) in [5, 5.41) is 11.3. The second kappa shape index (κ2) is 5.64. The van der Waals surface area contributed by atoms with Gasteiger partial charge in [-0.25, -0.2) is 4.79 Å². The Bertz CT molecular complexity index is 437. The number of thiol groups is 1. The quantitative estimate of drug-likeness (QED) is 0.486. The fourth-order valence-electron chi connectivity index (χ4n) is 2.13. The maximum absolute atomic E-state index is 11.8. The number of hydrogen-bond acceptors (Lipinski definition) is 5. The molecule has 1 amide bonds. The Morgan fingerprint density at radius 2 is 2.37 bits per heavy atom. The second-order valence-corrected chi connectivity index (χ2v) is 5.53. The van der Waals surface area contributed by atoms with E-state index in [0.717, 1.165) is 6.42 Å². The number of nitrogens with zero attached hydrogens (tertiary/aromatic N) is 2. The minimum atomic E-state index is -1.33. The predicted octanol–water partition coefficient (Wildman–Crippen LogP) is 1.66. The first-order chi connectivity index (χ1) is 9.03. The molecule has 104 valence electrons. The molecule has 1 fully saturated rings. The predicted molar refractivity (Wildman–Crippen MR) is 72.9 cm³/mol. The summed E-state index contributed by atoms with van der Waals surface area (Å²) in [7, 11) is 0. The largest absolute Gasteiger partial charge is 0.441 e. The molecule has 0 aromatic heterocycles. The van der Waals surface area contributed by atoms with Gasteiger partial charge in [0.2, 0.25) is 0 Å². The fraction of sp³-hybridized carbons (Fsp3) is 0.583. The van der Waals surface area contributed by atoms with Crippen LogP contribution in [-0.2, 0) is 4.74 Å². The minimum absolute atomic E-state index is 0.162. The molecule has 2 rings (SSSR count). The van der Waals surface area contributed by atoms with E-state index in [-0.39, 0.29) is 18.3 Å². The Morgan fingerprint density at radius 3 is 2.89 bits per heavy atom. The maximum Gasteiger partial charge on any atom is 0.410 e. The van der Waals surface area contributed by atoms with Crippen LogP contribution >= 0.6 is 12.6 Å². The van der Waals surface area contributed by atoms with Crippen molar-refractivity contribution in [1.82, 2.24) is 4.90 Å². The van der Waals surface area contributed by atoms with Gasteiger partial charge in [0.15, 0.2) is 6.61 Å². The molecule has 1 saturated heterocycles. The number of ether oxygens (including phenoxy) is 1. The summed E-state index contributed by atoms with van der Waals surface area (Å²) in [5.74, 6) is 0. The van der Waals surface area contributed by atoms with Crippen molar-refractivity contribution >= 4 is 18.7 Å². The Morgan fingerprint density at radius 1 is 1.58 bits per heavy atom. The van der Waals surface area contributed by atoms with Crippen LogP contribution in [0.3, 0.4) is 0 Å². The molecule has 1 aliphatic carbocycles. The van der Waals surface area contributed by atoms with E-state index in [0.29, 0.717) is 13.1 Å². The Hall–Kier alpha value is -1.50. The topological polar surface area (TPSA) is 72.7 Å². The molecule has 0 N–H and O–H groups in total. The van der Waals surface area contributed by atoms with Crippen molar-refractivity contribution in [3.63, 3.8) is 0 Å². The maximum atomic E-state index is 11.8. The van der Waals surface area contributed by atoms with E-state index in [4.69, 9.17) is 4.74 Å². The van der Waals surface area contributed by atoms with Crippen LogP contribution in [0, 0.1) is 10.1 Å². The second-order valence-electron chi connectivity index (χ2n) is 4.80. The number of carbonyl (C=O) groups excluding carboxylic acids is 1. The van der Waals surface area contributed by atoms with Gasteiger partial charge in [-0.2, -0.15) is 12.6 Å². The van der Waals surface area contributed by atoms with E-state index < -0.39 is 16.6 Å². The van der Waals surface area contributed by atoms with Crippen LogP contribution in [0.15, 0.2) is 24.3 Å². The summed E-state index contributed by atoms with van der Waals surface area (Å²) in [4.78, 5) is 24.1. The van der Waals surface area contributed by atoms with Gasteiger partial charge in [-0.15, -0.1) is 0 Å². The summed E-state index contributed by atoms with van der Waals surface area (Å²) < 4.78 is 5.10. The van der Waals surface area contributed by atoms with Crippen LogP contribution in [0.5, 0.6) is 0 Å². The lowest BCUT2D eigenvalue weighted by molar-refractivity contribution is -0.557. The molecule has 19 heavy (non-hydrogen) atoms. The van der Waals surface area contributed by atoms with Gasteiger partial charge in [0, 0.05) is 29.7 Å². The molecular formula is C12H16N2O4S. The first kappa shape index (κ1) is 13.9. The van der Waals surface area contributed by atoms with E-state index in [2.05, 4.69) is 12.6 Å². The summed E-state index contributed by atoms with van der Waals surface area (Å²) in [5.41, 5.74) is -1.33. The number of hydrogen-bond donors (Lipinski definition) is 1. The third kappa shape index (κ3) is 3.09. The smallest absolute Gasteiger partial charge is 0.410 e. The highest BCUT2D eigenvalue weighted by Crippen LogP contribution is 2.23. The number of carbonyl (C=O) groups is 1. The first-order valence-electron chi connectivity index (χ1n) is 6.12. The zero-order valence-electron chi connectivity index (χ0n) is 10.4. The van der Waals surface area contributed by atoms with Crippen LogP contribution in [0.4, 0.5) is 4.79 Å². The molecule has 1 heterocycles. The van der Waals surface area contributed by atoms with Crippen molar-refractivity contribution < 1.29 is 14.5 Å². The third-order valence-corrected chi connectivity index (χ3v) is 3.78. The lowest BCUT2D eigenvalue weighted by atomic mass is 9.93. The first-order valence-corrected chi connectivity index (χ1v) is 6.64. The van der Waals surface area contributed by atoms with Crippen molar-refractivity contribution in [3.8, 4) is 0 Å². The fourth-order valence-corrected chi connectivity index (χ4v) is 2.45. The molecule has 0 bridgehead atoms. The normalized spacial score (nSPS) is 29.5. The molecule has 1 aliphatic heterocycles. The molecule has 0 aromatic carbocycles. The Kier molecular flexibility index (Phi) is 4.14. The SMILES string of the molecule is O=C(OCC1([N+](=O)[O-])C=CC=CC1)N1CCC(S)C1. The number of allylic oxidation sites excluding steroid dienone is 2. The van der Waals surface area contributed by atoms with Gasteiger partial charge < -0.3 is 9.64 Å². The van der Waals surface area contributed by atoms with Gasteiger partial charge in [-0.3, -0.25) is 10.1 Å². The van der Waals surface area contributed by atoms with E-state index in [1.54, 1.807) is 18.2 Å². The minimum Gasteiger partial charge on any atom is -0.441 e. The summed E-state index contributed by atoms with van der Waals surface area (Å²) in [6, 6.07) is 0.